The molecule has 0 radical (unpaired) electrons. The van der Waals surface area contributed by atoms with Gasteiger partial charge < -0.3 is 14.8 Å². The highest BCUT2D eigenvalue weighted by Crippen LogP contribution is 2.35. The molecular weight excluding hydrogens is 402 g/mol. The highest BCUT2D eigenvalue weighted by atomic mass is 35.5. The lowest BCUT2D eigenvalue weighted by molar-refractivity contribution is -0.110. The maximum atomic E-state index is 12.3. The Morgan fingerprint density at radius 2 is 1.70 bits per heavy atom. The van der Waals surface area contributed by atoms with Crippen LogP contribution in [0.3, 0.4) is 0 Å². The van der Waals surface area contributed by atoms with Gasteiger partial charge in [0, 0.05) is 27.4 Å². The standard InChI is InChI=1S/C24H18ClNO4/c1-29-18-9-4-16(5-10-18)23(27)14-30-19-7-2-15(3-8-19)12-21-20-13-17(25)6-11-22(20)26-24(21)28/h2-13H,14H2,1H3,(H,26,28)/b21-12-. The van der Waals surface area contributed by atoms with Crippen molar-refractivity contribution >= 4 is 40.6 Å². The summed E-state index contributed by atoms with van der Waals surface area (Å²) in [5, 5.41) is 3.40. The Morgan fingerprint density at radius 1 is 1.00 bits per heavy atom. The average Bonchev–Trinajstić information content (AvgIpc) is 3.07. The second kappa shape index (κ2) is 8.43. The lowest BCUT2D eigenvalue weighted by Crippen LogP contribution is -2.11. The van der Waals surface area contributed by atoms with E-state index < -0.39 is 0 Å². The number of nitrogens with one attached hydrogen (secondary N) is 1. The summed E-state index contributed by atoms with van der Waals surface area (Å²) in [5.41, 5.74) is 3.46. The first-order valence-electron chi connectivity index (χ1n) is 9.26. The minimum Gasteiger partial charge on any atom is -0.497 e. The molecule has 0 saturated heterocycles. The highest BCUT2D eigenvalue weighted by molar-refractivity contribution is 6.36. The molecule has 0 aromatic heterocycles. The van der Waals surface area contributed by atoms with E-state index in [1.807, 2.05) is 12.1 Å². The molecule has 0 fully saturated rings. The maximum absolute atomic E-state index is 12.3. The first-order chi connectivity index (χ1) is 14.5. The Balaban J connectivity index is 1.43. The van der Waals surface area contributed by atoms with Crippen LogP contribution in [-0.4, -0.2) is 25.4 Å². The molecule has 0 aliphatic carbocycles. The summed E-state index contributed by atoms with van der Waals surface area (Å²) < 4.78 is 10.7. The van der Waals surface area contributed by atoms with Crippen molar-refractivity contribution < 1.29 is 19.1 Å². The minimum atomic E-state index is -0.169. The van der Waals surface area contributed by atoms with E-state index in [1.54, 1.807) is 67.8 Å². The molecule has 0 saturated carbocycles. The zero-order valence-electron chi connectivity index (χ0n) is 16.1. The first-order valence-corrected chi connectivity index (χ1v) is 9.64. The number of Topliss-reactive ketones (excluding diaryl/α,β-unsaturated/α-hetero) is 1. The van der Waals surface area contributed by atoms with Crippen LogP contribution in [0.4, 0.5) is 5.69 Å². The normalized spacial score (nSPS) is 13.7. The molecule has 0 unspecified atom stereocenters. The molecule has 3 aromatic carbocycles. The fraction of sp³-hybridized carbons (Fsp3) is 0.0833. The zero-order valence-corrected chi connectivity index (χ0v) is 16.9. The predicted molar refractivity (Wildman–Crippen MR) is 117 cm³/mol. The van der Waals surface area contributed by atoms with Gasteiger partial charge in [-0.05, 0) is 66.2 Å². The van der Waals surface area contributed by atoms with Crippen molar-refractivity contribution in [2.24, 2.45) is 0 Å². The molecule has 6 heteroatoms. The molecule has 1 aliphatic heterocycles. The largest absolute Gasteiger partial charge is 0.497 e. The summed E-state index contributed by atoms with van der Waals surface area (Å²) in [6.45, 7) is -0.0684. The molecular formula is C24H18ClNO4. The molecule has 1 amide bonds. The third kappa shape index (κ3) is 4.21. The van der Waals surface area contributed by atoms with Crippen LogP contribution in [0.25, 0.3) is 11.6 Å². The number of carbonyl (C=O) groups is 2. The quantitative estimate of drug-likeness (QED) is 0.445. The number of hydrogen-bond donors (Lipinski definition) is 1. The Hall–Kier alpha value is -3.57. The van der Waals surface area contributed by atoms with Crippen LogP contribution in [0.15, 0.2) is 66.7 Å². The first kappa shape index (κ1) is 19.7. The van der Waals surface area contributed by atoms with Gasteiger partial charge in [-0.25, -0.2) is 0 Å². The minimum absolute atomic E-state index is 0.0684. The molecule has 30 heavy (non-hydrogen) atoms. The van der Waals surface area contributed by atoms with Crippen LogP contribution in [-0.2, 0) is 4.79 Å². The molecule has 5 nitrogen and oxygen atoms in total. The van der Waals surface area contributed by atoms with Gasteiger partial charge in [-0.1, -0.05) is 23.7 Å². The summed E-state index contributed by atoms with van der Waals surface area (Å²) in [7, 11) is 1.58. The summed E-state index contributed by atoms with van der Waals surface area (Å²) in [5.74, 6) is 0.967. The fourth-order valence-electron chi connectivity index (χ4n) is 3.14. The monoisotopic (exact) mass is 419 g/mol. The number of anilines is 1. The number of hydrogen-bond acceptors (Lipinski definition) is 4. The van der Waals surface area contributed by atoms with Crippen molar-refractivity contribution in [1.29, 1.82) is 0 Å². The van der Waals surface area contributed by atoms with E-state index in [1.165, 1.54) is 0 Å². The molecule has 150 valence electrons. The number of ketones is 1. The number of amides is 1. The number of benzene rings is 3. The SMILES string of the molecule is COc1ccc(C(=O)COc2ccc(/C=C3\C(=O)Nc4ccc(Cl)cc43)cc2)cc1. The zero-order chi connectivity index (χ0) is 21.1. The van der Waals surface area contributed by atoms with Crippen LogP contribution in [0.1, 0.15) is 21.5 Å². The van der Waals surface area contributed by atoms with Crippen molar-refractivity contribution in [3.05, 3.63) is 88.4 Å². The lowest BCUT2D eigenvalue weighted by Gasteiger charge is -2.07. The number of ether oxygens (including phenoxy) is 2. The van der Waals surface area contributed by atoms with Gasteiger partial charge in [-0.2, -0.15) is 0 Å². The number of rotatable bonds is 6. The summed E-state index contributed by atoms with van der Waals surface area (Å²) in [4.78, 5) is 24.5. The molecule has 0 atom stereocenters. The van der Waals surface area contributed by atoms with E-state index in [2.05, 4.69) is 5.32 Å². The van der Waals surface area contributed by atoms with E-state index >= 15 is 0 Å². The highest BCUT2D eigenvalue weighted by Gasteiger charge is 2.24. The summed E-state index contributed by atoms with van der Waals surface area (Å²) in [6.07, 6.45) is 1.80. The van der Waals surface area contributed by atoms with Crippen molar-refractivity contribution in [2.75, 3.05) is 19.0 Å². The second-order valence-electron chi connectivity index (χ2n) is 6.71. The Bertz CT molecular complexity index is 1130. The Labute approximate surface area is 178 Å². The third-order valence-electron chi connectivity index (χ3n) is 4.74. The number of halogens is 1. The lowest BCUT2D eigenvalue weighted by atomic mass is 10.0. The fourth-order valence-corrected chi connectivity index (χ4v) is 3.31. The van der Waals surface area contributed by atoms with Gasteiger partial charge in [0.25, 0.3) is 5.91 Å². The van der Waals surface area contributed by atoms with Gasteiger partial charge in [0.15, 0.2) is 12.4 Å². The van der Waals surface area contributed by atoms with Crippen LogP contribution in [0, 0.1) is 0 Å². The van der Waals surface area contributed by atoms with Gasteiger partial charge >= 0.3 is 0 Å². The van der Waals surface area contributed by atoms with Crippen molar-refractivity contribution in [2.45, 2.75) is 0 Å². The summed E-state index contributed by atoms with van der Waals surface area (Å²) in [6, 6.07) is 19.4. The Kier molecular flexibility index (Phi) is 5.55. The second-order valence-corrected chi connectivity index (χ2v) is 7.15. The number of fused-ring (bicyclic) bond motifs is 1. The third-order valence-corrected chi connectivity index (χ3v) is 4.97. The molecule has 1 aliphatic rings. The number of carbonyl (C=O) groups excluding carboxylic acids is 2. The number of methoxy groups -OCH3 is 1. The van der Waals surface area contributed by atoms with Gasteiger partial charge in [-0.3, -0.25) is 9.59 Å². The molecule has 4 rings (SSSR count). The van der Waals surface area contributed by atoms with Gasteiger partial charge in [0.1, 0.15) is 11.5 Å². The molecule has 3 aromatic rings. The van der Waals surface area contributed by atoms with E-state index in [0.29, 0.717) is 27.7 Å². The van der Waals surface area contributed by atoms with Crippen LogP contribution < -0.4 is 14.8 Å². The molecule has 0 bridgehead atoms. The van der Waals surface area contributed by atoms with Crippen LogP contribution in [0.5, 0.6) is 11.5 Å². The van der Waals surface area contributed by atoms with E-state index in [-0.39, 0.29) is 18.3 Å². The van der Waals surface area contributed by atoms with Crippen molar-refractivity contribution in [3.63, 3.8) is 0 Å². The van der Waals surface area contributed by atoms with Crippen LogP contribution in [0.2, 0.25) is 5.02 Å². The van der Waals surface area contributed by atoms with Gasteiger partial charge in [0.05, 0.1) is 7.11 Å². The Morgan fingerprint density at radius 3 is 2.40 bits per heavy atom. The van der Waals surface area contributed by atoms with Crippen molar-refractivity contribution in [3.8, 4) is 11.5 Å². The van der Waals surface area contributed by atoms with E-state index in [0.717, 1.165) is 16.8 Å². The van der Waals surface area contributed by atoms with Crippen molar-refractivity contribution in [1.82, 2.24) is 0 Å². The molecule has 1 N–H and O–H groups in total. The summed E-state index contributed by atoms with van der Waals surface area (Å²) >= 11 is 6.06. The van der Waals surface area contributed by atoms with Crippen LogP contribution >= 0.6 is 11.6 Å². The van der Waals surface area contributed by atoms with Gasteiger partial charge in [-0.15, -0.1) is 0 Å². The topological polar surface area (TPSA) is 64.6 Å². The molecule has 1 heterocycles. The maximum Gasteiger partial charge on any atom is 0.256 e. The average molecular weight is 420 g/mol. The van der Waals surface area contributed by atoms with Gasteiger partial charge in [0.2, 0.25) is 0 Å². The van der Waals surface area contributed by atoms with E-state index in [9.17, 15) is 9.59 Å². The van der Waals surface area contributed by atoms with E-state index in [4.69, 9.17) is 21.1 Å². The molecule has 0 spiro atoms. The smallest absolute Gasteiger partial charge is 0.256 e. The predicted octanol–water partition coefficient (Wildman–Crippen LogP) is 5.10.